The molecule has 23 heavy (non-hydrogen) atoms. The van der Waals surface area contributed by atoms with Gasteiger partial charge in [-0.2, -0.15) is 0 Å². The number of rotatable bonds is 6. The third-order valence-corrected chi connectivity index (χ3v) is 3.80. The van der Waals surface area contributed by atoms with Gasteiger partial charge in [0.2, 0.25) is 5.79 Å². The molecular formula is C12H18O11. The lowest BCUT2D eigenvalue weighted by Crippen LogP contribution is -2.54. The van der Waals surface area contributed by atoms with Crippen LogP contribution in [0.1, 0.15) is 0 Å². The molecule has 0 saturated carbocycles. The van der Waals surface area contributed by atoms with Crippen LogP contribution < -0.4 is 0 Å². The summed E-state index contributed by atoms with van der Waals surface area (Å²) in [6, 6.07) is 0. The second-order valence-corrected chi connectivity index (χ2v) is 5.27. The highest BCUT2D eigenvalue weighted by Gasteiger charge is 2.60. The lowest BCUT2D eigenvalue weighted by molar-refractivity contribution is -0.297. The first-order valence-corrected chi connectivity index (χ1v) is 6.78. The smallest absolute Gasteiger partial charge is 0.378 e. The molecule has 0 bridgehead atoms. The highest BCUT2D eigenvalue weighted by Crippen LogP contribution is 2.35. The normalized spacial score (nSPS) is 42.1. The first-order chi connectivity index (χ1) is 10.8. The van der Waals surface area contributed by atoms with Crippen molar-refractivity contribution in [2.45, 2.75) is 42.4 Å². The molecule has 2 saturated heterocycles. The second-order valence-electron chi connectivity index (χ2n) is 5.27. The molecule has 0 aliphatic carbocycles. The third kappa shape index (κ3) is 2.97. The predicted octanol–water partition coefficient (Wildman–Crippen LogP) is -4.98. The largest absolute Gasteiger partial charge is 0.450 e. The predicted molar refractivity (Wildman–Crippen MR) is 66.6 cm³/mol. The van der Waals surface area contributed by atoms with E-state index < -0.39 is 74.0 Å². The maximum Gasteiger partial charge on any atom is 0.378 e. The van der Waals surface area contributed by atoms with Crippen LogP contribution in [0.5, 0.6) is 0 Å². The number of esters is 1. The zero-order chi connectivity index (χ0) is 17.4. The Hall–Kier alpha value is -1.18. The van der Waals surface area contributed by atoms with Gasteiger partial charge >= 0.3 is 5.97 Å². The van der Waals surface area contributed by atoms with Crippen molar-refractivity contribution in [1.29, 1.82) is 0 Å². The molecule has 2 aliphatic rings. The highest BCUT2D eigenvalue weighted by molar-refractivity contribution is 6.37. The van der Waals surface area contributed by atoms with Gasteiger partial charge < -0.3 is 44.8 Å². The summed E-state index contributed by atoms with van der Waals surface area (Å²) in [5, 5.41) is 56.8. The van der Waals surface area contributed by atoms with Gasteiger partial charge in [0.1, 0.15) is 31.0 Å². The fraction of sp³-hybridized carbons (Fsp3) is 0.833. The number of cyclic esters (lactones) is 1. The minimum absolute atomic E-state index is 0.708. The third-order valence-electron chi connectivity index (χ3n) is 3.80. The van der Waals surface area contributed by atoms with Crippen LogP contribution in [-0.4, -0.2) is 105 Å². The van der Waals surface area contributed by atoms with Gasteiger partial charge in [-0.1, -0.05) is 0 Å². The van der Waals surface area contributed by atoms with Crippen LogP contribution in [0.25, 0.3) is 0 Å². The highest BCUT2D eigenvalue weighted by atomic mass is 16.8. The van der Waals surface area contributed by atoms with E-state index in [2.05, 4.69) is 4.74 Å². The second kappa shape index (κ2) is 6.75. The van der Waals surface area contributed by atoms with Gasteiger partial charge in [0.25, 0.3) is 5.78 Å². The molecule has 0 amide bonds. The van der Waals surface area contributed by atoms with Crippen LogP contribution in [-0.2, 0) is 23.8 Å². The van der Waals surface area contributed by atoms with Crippen molar-refractivity contribution in [1.82, 2.24) is 0 Å². The standard InChI is InChI=1S/C12H18O11/c13-1-4(16)8-9(7(18)11(20)21-8)23-12(3-15)10(19)6(17)5(2-14)22-12/h4-6,8-10,13-17,19H,1-3H2/t4-,5+,6+,8+,9?,10-,12?/m0/s1. The summed E-state index contributed by atoms with van der Waals surface area (Å²) in [5.74, 6) is -4.85. The number of carbonyl (C=O) groups is 2. The van der Waals surface area contributed by atoms with E-state index in [0.29, 0.717) is 0 Å². The molecule has 11 nitrogen and oxygen atoms in total. The van der Waals surface area contributed by atoms with E-state index in [1.807, 2.05) is 0 Å². The Balaban J connectivity index is 2.26. The minimum Gasteiger partial charge on any atom is -0.450 e. The number of aliphatic hydroxyl groups is 6. The van der Waals surface area contributed by atoms with E-state index in [1.54, 1.807) is 0 Å². The summed E-state index contributed by atoms with van der Waals surface area (Å²) < 4.78 is 14.9. The molecule has 0 aromatic carbocycles. The topological polar surface area (TPSA) is 183 Å². The maximum absolute atomic E-state index is 11.8. The summed E-state index contributed by atoms with van der Waals surface area (Å²) >= 11 is 0. The van der Waals surface area contributed by atoms with E-state index in [0.717, 1.165) is 0 Å². The zero-order valence-electron chi connectivity index (χ0n) is 11.8. The first-order valence-electron chi connectivity index (χ1n) is 6.78. The molecule has 11 heteroatoms. The van der Waals surface area contributed by atoms with E-state index in [4.69, 9.17) is 19.7 Å². The molecule has 6 N–H and O–H groups in total. The van der Waals surface area contributed by atoms with Crippen molar-refractivity contribution >= 4 is 11.8 Å². The maximum atomic E-state index is 11.8. The molecule has 2 unspecified atom stereocenters. The Morgan fingerprint density at radius 2 is 1.87 bits per heavy atom. The van der Waals surface area contributed by atoms with Crippen LogP contribution in [0.4, 0.5) is 0 Å². The molecule has 2 fully saturated rings. The van der Waals surface area contributed by atoms with Gasteiger partial charge in [-0.05, 0) is 0 Å². The number of ketones is 1. The summed E-state index contributed by atoms with van der Waals surface area (Å²) in [5.41, 5.74) is 0. The summed E-state index contributed by atoms with van der Waals surface area (Å²) in [7, 11) is 0. The van der Waals surface area contributed by atoms with Crippen molar-refractivity contribution in [2.75, 3.05) is 19.8 Å². The van der Waals surface area contributed by atoms with Gasteiger partial charge in [-0.15, -0.1) is 0 Å². The fourth-order valence-corrected chi connectivity index (χ4v) is 2.50. The SMILES string of the molecule is O=C1O[C@H]([C@@H](O)CO)C(OC2(CO)O[C@H](CO)[C@@H](O)[C@@H]2O)C1=O. The quantitative estimate of drug-likeness (QED) is 0.201. The molecule has 2 rings (SSSR count). The molecule has 2 aliphatic heterocycles. The average Bonchev–Trinajstić information content (AvgIpc) is 2.97. The lowest BCUT2D eigenvalue weighted by atomic mass is 10.0. The Morgan fingerprint density at radius 3 is 2.35 bits per heavy atom. The van der Waals surface area contributed by atoms with Crippen molar-refractivity contribution in [3.63, 3.8) is 0 Å². The molecule has 132 valence electrons. The van der Waals surface area contributed by atoms with Crippen molar-refractivity contribution < 1.29 is 54.4 Å². The number of ether oxygens (including phenoxy) is 3. The Labute approximate surface area is 129 Å². The molecule has 2 heterocycles. The number of Topliss-reactive ketones (excluding diaryl/α,β-unsaturated/α-hetero) is 1. The summed E-state index contributed by atoms with van der Waals surface area (Å²) in [6.45, 7) is -2.58. The molecule has 0 spiro atoms. The van der Waals surface area contributed by atoms with E-state index >= 15 is 0 Å². The van der Waals surface area contributed by atoms with E-state index in [-0.39, 0.29) is 0 Å². The first kappa shape index (κ1) is 18.2. The van der Waals surface area contributed by atoms with Crippen LogP contribution in [0, 0.1) is 0 Å². The van der Waals surface area contributed by atoms with Crippen LogP contribution in [0.3, 0.4) is 0 Å². The number of carbonyl (C=O) groups excluding carboxylic acids is 2. The van der Waals surface area contributed by atoms with E-state index in [1.165, 1.54) is 0 Å². The summed E-state index contributed by atoms with van der Waals surface area (Å²) in [6.07, 6.45) is -9.78. The van der Waals surface area contributed by atoms with Crippen LogP contribution in [0.15, 0.2) is 0 Å². The molecule has 0 aromatic rings. The average molecular weight is 338 g/mol. The van der Waals surface area contributed by atoms with Gasteiger partial charge in [-0.3, -0.25) is 4.79 Å². The Bertz CT molecular complexity index is 468. The minimum atomic E-state index is -2.31. The molecule has 0 radical (unpaired) electrons. The monoisotopic (exact) mass is 338 g/mol. The Kier molecular flexibility index (Phi) is 5.33. The lowest BCUT2D eigenvalue weighted by Gasteiger charge is -2.33. The van der Waals surface area contributed by atoms with Crippen molar-refractivity contribution in [3.05, 3.63) is 0 Å². The van der Waals surface area contributed by atoms with Crippen molar-refractivity contribution in [3.8, 4) is 0 Å². The molecular weight excluding hydrogens is 320 g/mol. The number of aliphatic hydroxyl groups excluding tert-OH is 6. The molecule has 7 atom stereocenters. The van der Waals surface area contributed by atoms with Crippen LogP contribution in [0.2, 0.25) is 0 Å². The Morgan fingerprint density at radius 1 is 1.22 bits per heavy atom. The molecule has 0 aromatic heterocycles. The fourth-order valence-electron chi connectivity index (χ4n) is 2.50. The van der Waals surface area contributed by atoms with Crippen molar-refractivity contribution in [2.24, 2.45) is 0 Å². The van der Waals surface area contributed by atoms with Gasteiger partial charge in [0.05, 0.1) is 13.2 Å². The number of hydrogen-bond acceptors (Lipinski definition) is 11. The van der Waals surface area contributed by atoms with Gasteiger partial charge in [0.15, 0.2) is 12.2 Å². The van der Waals surface area contributed by atoms with Gasteiger partial charge in [0, 0.05) is 0 Å². The number of hydrogen-bond donors (Lipinski definition) is 6. The summed E-state index contributed by atoms with van der Waals surface area (Å²) in [4.78, 5) is 23.1. The van der Waals surface area contributed by atoms with E-state index in [9.17, 15) is 30.0 Å². The zero-order valence-corrected chi connectivity index (χ0v) is 11.8. The van der Waals surface area contributed by atoms with Gasteiger partial charge in [-0.25, -0.2) is 4.79 Å². The van der Waals surface area contributed by atoms with Crippen LogP contribution >= 0.6 is 0 Å².